The Labute approximate surface area is 215 Å². The van der Waals surface area contributed by atoms with Crippen LogP contribution in [-0.2, 0) is 10.0 Å². The van der Waals surface area contributed by atoms with Crippen molar-refractivity contribution in [2.75, 3.05) is 10.6 Å². The number of halogens is 1. The lowest BCUT2D eigenvalue weighted by molar-refractivity contribution is 0.116. The molecule has 0 amide bonds. The van der Waals surface area contributed by atoms with Crippen LogP contribution in [0.25, 0.3) is 10.9 Å². The first-order valence-corrected chi connectivity index (χ1v) is 14.2. The number of nitrogens with zero attached hydrogens (tertiary/aromatic N) is 4. The lowest BCUT2D eigenvalue weighted by Crippen LogP contribution is -2.56. The summed E-state index contributed by atoms with van der Waals surface area (Å²) in [6.45, 7) is 2.12. The van der Waals surface area contributed by atoms with Gasteiger partial charge in [0.05, 0.1) is 17.9 Å². The van der Waals surface area contributed by atoms with Crippen LogP contribution in [0, 0.1) is 5.82 Å². The first-order chi connectivity index (χ1) is 17.9. The average Bonchev–Trinajstić information content (AvgIpc) is 3.27. The van der Waals surface area contributed by atoms with Crippen LogP contribution in [-0.4, -0.2) is 58.0 Å². The predicted molar refractivity (Wildman–Crippen MR) is 139 cm³/mol. The van der Waals surface area contributed by atoms with Crippen molar-refractivity contribution >= 4 is 32.6 Å². The summed E-state index contributed by atoms with van der Waals surface area (Å²) in [6.07, 6.45) is 8.79. The van der Waals surface area contributed by atoms with Gasteiger partial charge in [0.25, 0.3) is 0 Å². The summed E-state index contributed by atoms with van der Waals surface area (Å²) in [4.78, 5) is 13.1. The molecule has 0 spiro atoms. The van der Waals surface area contributed by atoms with E-state index in [0.29, 0.717) is 18.9 Å². The van der Waals surface area contributed by atoms with Crippen molar-refractivity contribution in [1.82, 2.24) is 30.1 Å². The molecule has 3 aromatic rings. The summed E-state index contributed by atoms with van der Waals surface area (Å²) in [5.41, 5.74) is 7.28. The minimum absolute atomic E-state index is 0.0461. The molecule has 6 rings (SSSR count). The fourth-order valence-electron chi connectivity index (χ4n) is 5.94. The van der Waals surface area contributed by atoms with Crippen molar-refractivity contribution < 1.29 is 12.8 Å². The fraction of sp³-hybridized carbons (Fsp3) is 0.480. The number of hydrogen-bond acceptors (Lipinski definition) is 9. The second-order valence-corrected chi connectivity index (χ2v) is 12.1. The Balaban J connectivity index is 1.25. The molecule has 0 aromatic carbocycles. The molecule has 3 aliphatic heterocycles. The largest absolute Gasteiger partial charge is 0.367 e. The average molecular weight is 527 g/mol. The first-order valence-electron chi connectivity index (χ1n) is 12.8. The molecule has 4 N–H and O–H groups in total. The molecule has 3 aromatic heterocycles. The lowest BCUT2D eigenvalue weighted by atomic mass is 9.84. The predicted octanol–water partition coefficient (Wildman–Crippen LogP) is 2.97. The van der Waals surface area contributed by atoms with E-state index >= 15 is 0 Å². The van der Waals surface area contributed by atoms with E-state index in [1.807, 2.05) is 18.2 Å². The number of hydrogen-bond donors (Lipinski definition) is 4. The highest BCUT2D eigenvalue weighted by atomic mass is 32.2. The molecule has 2 bridgehead atoms. The van der Waals surface area contributed by atoms with E-state index in [-0.39, 0.29) is 29.2 Å². The Morgan fingerprint density at radius 3 is 2.62 bits per heavy atom. The smallest absolute Gasteiger partial charge is 0.245 e. The maximum atomic E-state index is 13.8. The highest BCUT2D eigenvalue weighted by Crippen LogP contribution is 2.39. The maximum Gasteiger partial charge on any atom is 0.245 e. The molecule has 6 heterocycles. The standard InChI is InChI=1S/C25H31FN8O2S/c1-15-8-24(33-32-15)30-23-12-22-21(6-3-7-28-22)25(31-23)29-17-10-18-4-2-5-19(11-17)34(18)37(35,36)20-9-16(26)13-27-14-20/h3,6-7,9,12-15,17-19,24,32-33H,2,4-5,8,10-11H2,1H3,(H2,29,30,31)/t15?,17?,18-,19+,24?. The van der Waals surface area contributed by atoms with Crippen LogP contribution in [0.3, 0.4) is 0 Å². The number of pyridine rings is 3. The van der Waals surface area contributed by atoms with E-state index in [1.54, 1.807) is 10.5 Å². The molecule has 0 aliphatic carbocycles. The number of sulfonamides is 1. The zero-order chi connectivity index (χ0) is 25.6. The van der Waals surface area contributed by atoms with Gasteiger partial charge >= 0.3 is 0 Å². The second-order valence-electron chi connectivity index (χ2n) is 10.3. The third kappa shape index (κ3) is 4.86. The molecule has 3 aliphatic rings. The summed E-state index contributed by atoms with van der Waals surface area (Å²) < 4.78 is 42.4. The van der Waals surface area contributed by atoms with E-state index in [1.165, 1.54) is 6.20 Å². The van der Waals surface area contributed by atoms with Crippen LogP contribution in [0.2, 0.25) is 0 Å². The van der Waals surface area contributed by atoms with Gasteiger partial charge in [0, 0.05) is 48.0 Å². The van der Waals surface area contributed by atoms with Crippen LogP contribution in [0.5, 0.6) is 0 Å². The molecule has 0 radical (unpaired) electrons. The highest BCUT2D eigenvalue weighted by molar-refractivity contribution is 7.89. The molecule has 3 unspecified atom stereocenters. The molecular weight excluding hydrogens is 495 g/mol. The number of nitrogens with one attached hydrogen (secondary N) is 4. The minimum atomic E-state index is -3.84. The van der Waals surface area contributed by atoms with Gasteiger partial charge in [0.2, 0.25) is 10.0 Å². The molecular formula is C25H31FN8O2S. The number of aromatic nitrogens is 3. The Morgan fingerprint density at radius 1 is 1.08 bits per heavy atom. The van der Waals surface area contributed by atoms with Crippen molar-refractivity contribution in [3.05, 3.63) is 48.7 Å². The monoisotopic (exact) mass is 526 g/mol. The van der Waals surface area contributed by atoms with E-state index < -0.39 is 15.8 Å². The molecule has 5 atom stereocenters. The SMILES string of the molecule is CC1CC(Nc2cc3ncccc3c(NC3C[C@H]4CCC[C@@H](C3)N4S(=O)(=O)c3cncc(F)c3)n2)NN1. The Hall–Kier alpha value is -2.93. The Morgan fingerprint density at radius 2 is 1.89 bits per heavy atom. The fourth-order valence-corrected chi connectivity index (χ4v) is 7.81. The van der Waals surface area contributed by atoms with Gasteiger partial charge in [-0.1, -0.05) is 6.42 Å². The number of piperidine rings is 2. The van der Waals surface area contributed by atoms with Crippen LogP contribution in [0.1, 0.15) is 45.4 Å². The summed E-state index contributed by atoms with van der Waals surface area (Å²) in [7, 11) is -3.84. The number of anilines is 2. The van der Waals surface area contributed by atoms with Gasteiger partial charge < -0.3 is 10.6 Å². The Bertz CT molecular complexity index is 1390. The topological polar surface area (TPSA) is 124 Å². The Kier molecular flexibility index (Phi) is 6.43. The van der Waals surface area contributed by atoms with Crippen LogP contribution >= 0.6 is 0 Å². The third-order valence-electron chi connectivity index (χ3n) is 7.52. The summed E-state index contributed by atoms with van der Waals surface area (Å²) in [5.74, 6) is 0.808. The van der Waals surface area contributed by atoms with Gasteiger partial charge in [-0.3, -0.25) is 15.4 Å². The molecule has 3 saturated heterocycles. The van der Waals surface area contributed by atoms with Crippen molar-refractivity contribution in [2.45, 2.75) is 80.7 Å². The molecule has 196 valence electrons. The second kappa shape index (κ2) is 9.75. The first kappa shape index (κ1) is 24.4. The normalized spacial score (nSPS) is 28.3. The van der Waals surface area contributed by atoms with E-state index in [0.717, 1.165) is 60.5 Å². The number of fused-ring (bicyclic) bond motifs is 3. The summed E-state index contributed by atoms with van der Waals surface area (Å²) in [5, 5.41) is 7.99. The van der Waals surface area contributed by atoms with Gasteiger partial charge in [0.1, 0.15) is 22.3 Å². The minimum Gasteiger partial charge on any atom is -0.367 e. The van der Waals surface area contributed by atoms with E-state index in [9.17, 15) is 12.8 Å². The quantitative estimate of drug-likeness (QED) is 0.384. The van der Waals surface area contributed by atoms with Crippen molar-refractivity contribution in [1.29, 1.82) is 0 Å². The van der Waals surface area contributed by atoms with Crippen LogP contribution in [0.15, 0.2) is 47.8 Å². The van der Waals surface area contributed by atoms with Gasteiger partial charge in [-0.15, -0.1) is 0 Å². The zero-order valence-electron chi connectivity index (χ0n) is 20.6. The maximum absolute atomic E-state index is 13.8. The summed E-state index contributed by atoms with van der Waals surface area (Å²) >= 11 is 0. The van der Waals surface area contributed by atoms with E-state index in [4.69, 9.17) is 4.98 Å². The molecule has 3 fully saturated rings. The molecule has 12 heteroatoms. The molecule has 0 saturated carbocycles. The highest BCUT2D eigenvalue weighted by Gasteiger charge is 2.45. The molecule has 37 heavy (non-hydrogen) atoms. The summed E-state index contributed by atoms with van der Waals surface area (Å²) in [6, 6.07) is 6.96. The van der Waals surface area contributed by atoms with Gasteiger partial charge in [-0.05, 0) is 57.2 Å². The van der Waals surface area contributed by atoms with Gasteiger partial charge in [0.15, 0.2) is 0 Å². The van der Waals surface area contributed by atoms with Crippen molar-refractivity contribution in [3.8, 4) is 0 Å². The van der Waals surface area contributed by atoms with Crippen molar-refractivity contribution in [2.24, 2.45) is 0 Å². The molecule has 10 nitrogen and oxygen atoms in total. The number of rotatable bonds is 6. The van der Waals surface area contributed by atoms with Gasteiger partial charge in [-0.25, -0.2) is 23.2 Å². The lowest BCUT2D eigenvalue weighted by Gasteiger charge is -2.47. The van der Waals surface area contributed by atoms with Crippen molar-refractivity contribution in [3.63, 3.8) is 0 Å². The van der Waals surface area contributed by atoms with Gasteiger partial charge in [-0.2, -0.15) is 4.31 Å². The zero-order valence-corrected chi connectivity index (χ0v) is 21.4. The van der Waals surface area contributed by atoms with Crippen LogP contribution < -0.4 is 21.5 Å². The van der Waals surface area contributed by atoms with E-state index in [2.05, 4.69) is 38.4 Å². The number of hydrazine groups is 1. The third-order valence-corrected chi connectivity index (χ3v) is 9.49. The van der Waals surface area contributed by atoms with Crippen LogP contribution in [0.4, 0.5) is 16.0 Å².